The molecule has 1 saturated heterocycles. The lowest BCUT2D eigenvalue weighted by molar-refractivity contribution is -0.0476. The van der Waals surface area contributed by atoms with Crippen LogP contribution in [-0.2, 0) is 18.6 Å². The highest BCUT2D eigenvalue weighted by molar-refractivity contribution is 7.50. The van der Waals surface area contributed by atoms with Gasteiger partial charge in [-0.15, -0.1) is 0 Å². The number of aromatic amines is 1. The van der Waals surface area contributed by atoms with E-state index in [1.807, 2.05) is 6.07 Å². The van der Waals surface area contributed by atoms with Crippen LogP contribution in [-0.4, -0.2) is 58.1 Å². The first kappa shape index (κ1) is 28.4. The summed E-state index contributed by atoms with van der Waals surface area (Å²) in [4.78, 5) is 35.6. The molecular formula is C21H35N4O8P. The molecule has 1 aliphatic rings. The molecule has 1 aromatic heterocycles. The molecule has 0 spiro atoms. The summed E-state index contributed by atoms with van der Waals surface area (Å²) < 4.78 is 29.6. The molecule has 5 unspecified atom stereocenters. The summed E-state index contributed by atoms with van der Waals surface area (Å²) >= 11 is 0. The van der Waals surface area contributed by atoms with Crippen molar-refractivity contribution in [2.24, 2.45) is 11.3 Å². The minimum atomic E-state index is -4.24. The Bertz CT molecular complexity index is 986. The molecule has 0 aliphatic carbocycles. The van der Waals surface area contributed by atoms with E-state index < -0.39 is 49.5 Å². The number of aromatic nitrogens is 2. The van der Waals surface area contributed by atoms with E-state index in [-0.39, 0.29) is 13.2 Å². The lowest BCUT2D eigenvalue weighted by Crippen LogP contribution is -2.40. The number of rotatable bonds is 14. The molecule has 0 saturated carbocycles. The van der Waals surface area contributed by atoms with Crippen LogP contribution in [0.1, 0.15) is 52.7 Å². The molecule has 1 fully saturated rings. The van der Waals surface area contributed by atoms with Gasteiger partial charge in [-0.05, 0) is 25.7 Å². The molecule has 0 radical (unpaired) electrons. The summed E-state index contributed by atoms with van der Waals surface area (Å²) in [6.45, 7) is 6.01. The summed E-state index contributed by atoms with van der Waals surface area (Å²) in [7, 11) is -4.24. The van der Waals surface area contributed by atoms with E-state index in [2.05, 4.69) is 23.9 Å². The first-order valence-corrected chi connectivity index (χ1v) is 13.0. The Morgan fingerprint density at radius 3 is 2.65 bits per heavy atom. The van der Waals surface area contributed by atoms with Gasteiger partial charge in [0.2, 0.25) is 0 Å². The van der Waals surface area contributed by atoms with Crippen LogP contribution in [0.15, 0.2) is 21.9 Å². The monoisotopic (exact) mass is 502 g/mol. The molecule has 0 amide bonds. The fraction of sp³-hybridized carbons (Fsp3) is 0.762. The van der Waals surface area contributed by atoms with E-state index in [1.54, 1.807) is 0 Å². The van der Waals surface area contributed by atoms with Gasteiger partial charge in [-0.25, -0.2) is 14.4 Å². The number of ether oxygens (including phenoxy) is 2. The first-order chi connectivity index (χ1) is 16.1. The van der Waals surface area contributed by atoms with Gasteiger partial charge in [-0.2, -0.15) is 5.26 Å². The van der Waals surface area contributed by atoms with Crippen molar-refractivity contribution in [1.82, 2.24) is 14.6 Å². The first-order valence-electron chi connectivity index (χ1n) is 11.4. The molecule has 1 aromatic rings. The van der Waals surface area contributed by atoms with Crippen LogP contribution in [0.4, 0.5) is 0 Å². The molecule has 2 rings (SSSR count). The molecule has 34 heavy (non-hydrogen) atoms. The number of aliphatic hydroxyl groups is 1. The quantitative estimate of drug-likeness (QED) is 0.214. The van der Waals surface area contributed by atoms with Crippen molar-refractivity contribution in [1.29, 1.82) is 5.26 Å². The Balaban J connectivity index is 1.90. The van der Waals surface area contributed by atoms with Crippen molar-refractivity contribution in [3.63, 3.8) is 0 Å². The minimum Gasteiger partial charge on any atom is -0.388 e. The second-order valence-corrected chi connectivity index (χ2v) is 10.2. The van der Waals surface area contributed by atoms with Crippen molar-refractivity contribution in [3.8, 4) is 6.07 Å². The van der Waals surface area contributed by atoms with Gasteiger partial charge in [0.05, 0.1) is 19.3 Å². The molecule has 12 nitrogen and oxygen atoms in total. The minimum absolute atomic E-state index is 0.0815. The van der Waals surface area contributed by atoms with Crippen LogP contribution >= 0.6 is 7.75 Å². The summed E-state index contributed by atoms with van der Waals surface area (Å²) in [5, 5.41) is 22.7. The van der Waals surface area contributed by atoms with Crippen molar-refractivity contribution in [2.45, 2.75) is 64.9 Å². The van der Waals surface area contributed by atoms with Gasteiger partial charge in [-0.3, -0.25) is 18.9 Å². The number of nitrogens with zero attached hydrogens (tertiary/aromatic N) is 2. The molecule has 0 bridgehead atoms. The average Bonchev–Trinajstić information content (AvgIpc) is 3.03. The van der Waals surface area contributed by atoms with Gasteiger partial charge in [-0.1, -0.05) is 26.7 Å². The molecule has 192 valence electrons. The maximum Gasteiger partial charge on any atom is 0.403 e. The lowest BCUT2D eigenvalue weighted by atomic mass is 9.84. The fourth-order valence-corrected chi connectivity index (χ4v) is 4.80. The summed E-state index contributed by atoms with van der Waals surface area (Å²) in [6.07, 6.45) is 1.59. The van der Waals surface area contributed by atoms with Crippen LogP contribution in [0.5, 0.6) is 0 Å². The zero-order chi connectivity index (χ0) is 25.4. The lowest BCUT2D eigenvalue weighted by Gasteiger charge is -2.25. The van der Waals surface area contributed by atoms with Gasteiger partial charge in [0.15, 0.2) is 6.23 Å². The number of nitrogens with one attached hydrogen (secondary N) is 2. The van der Waals surface area contributed by atoms with Crippen molar-refractivity contribution in [2.75, 3.05) is 26.4 Å². The number of hydrogen-bond donors (Lipinski definition) is 4. The third-order valence-corrected chi connectivity index (χ3v) is 6.97. The van der Waals surface area contributed by atoms with E-state index in [1.165, 1.54) is 6.92 Å². The van der Waals surface area contributed by atoms with Gasteiger partial charge < -0.3 is 19.5 Å². The smallest absolute Gasteiger partial charge is 0.388 e. The van der Waals surface area contributed by atoms with Gasteiger partial charge >= 0.3 is 13.4 Å². The maximum absolute atomic E-state index is 12.3. The van der Waals surface area contributed by atoms with Gasteiger partial charge in [0.25, 0.3) is 5.56 Å². The third-order valence-electron chi connectivity index (χ3n) is 5.85. The topological polar surface area (TPSA) is 176 Å². The van der Waals surface area contributed by atoms with Crippen molar-refractivity contribution < 1.29 is 28.6 Å². The molecule has 13 heteroatoms. The molecule has 0 aromatic carbocycles. The van der Waals surface area contributed by atoms with E-state index in [0.717, 1.165) is 42.5 Å². The van der Waals surface area contributed by atoms with E-state index in [0.29, 0.717) is 12.5 Å². The Morgan fingerprint density at radius 2 is 2.06 bits per heavy atom. The van der Waals surface area contributed by atoms with Crippen LogP contribution < -0.4 is 16.3 Å². The second-order valence-electron chi connectivity index (χ2n) is 8.63. The summed E-state index contributed by atoms with van der Waals surface area (Å²) in [5.74, 6) is 0.463. The van der Waals surface area contributed by atoms with Crippen LogP contribution in [0.2, 0.25) is 0 Å². The number of nitriles is 1. The average molecular weight is 503 g/mol. The Hall–Kier alpha value is -1.84. The highest BCUT2D eigenvalue weighted by Gasteiger charge is 2.55. The standard InChI is InChI=1S/C21H35N4O8P/c1-4-6-15(7-5-2)12-31-11-9-23-34(29,30)32-13-16-18(27)21(3,14-22)19(33-16)25-10-8-17(26)24-20(25)28/h8,10,15-16,18-19,27H,4-7,9,11-13H2,1-3H3,(H2,23,29,30)(H,24,26,28). The molecule has 5 atom stereocenters. The summed E-state index contributed by atoms with van der Waals surface area (Å²) in [5.41, 5.74) is -3.02. The Kier molecular flexibility index (Phi) is 10.6. The summed E-state index contributed by atoms with van der Waals surface area (Å²) in [6, 6.07) is 3.02. The fourth-order valence-electron chi connectivity index (χ4n) is 3.99. The normalized spacial score (nSPS) is 26.4. The van der Waals surface area contributed by atoms with Gasteiger partial charge in [0.1, 0.15) is 17.6 Å². The second kappa shape index (κ2) is 12.7. The molecule has 2 heterocycles. The molecular weight excluding hydrogens is 467 g/mol. The van der Waals surface area contributed by atoms with E-state index >= 15 is 0 Å². The Labute approximate surface area is 198 Å². The van der Waals surface area contributed by atoms with Crippen LogP contribution in [0, 0.1) is 22.7 Å². The largest absolute Gasteiger partial charge is 0.403 e. The van der Waals surface area contributed by atoms with E-state index in [9.17, 15) is 29.4 Å². The predicted molar refractivity (Wildman–Crippen MR) is 123 cm³/mol. The molecule has 4 N–H and O–H groups in total. The maximum atomic E-state index is 12.3. The van der Waals surface area contributed by atoms with Crippen molar-refractivity contribution >= 4 is 7.75 Å². The third kappa shape index (κ3) is 7.33. The SMILES string of the molecule is CCCC(CCC)COCCNP(=O)(O)OCC1OC(n2ccc(=O)[nH]c2=O)C(C)(C#N)C1O. The highest BCUT2D eigenvalue weighted by atomic mass is 31.2. The Morgan fingerprint density at radius 1 is 1.38 bits per heavy atom. The van der Waals surface area contributed by atoms with Gasteiger partial charge in [0, 0.05) is 25.4 Å². The predicted octanol–water partition coefficient (Wildman–Crippen LogP) is 1.26. The highest BCUT2D eigenvalue weighted by Crippen LogP contribution is 2.46. The van der Waals surface area contributed by atoms with Crippen LogP contribution in [0.3, 0.4) is 0 Å². The molecule has 1 aliphatic heterocycles. The zero-order valence-electron chi connectivity index (χ0n) is 19.8. The zero-order valence-corrected chi connectivity index (χ0v) is 20.7. The van der Waals surface area contributed by atoms with Crippen LogP contribution in [0.25, 0.3) is 0 Å². The number of H-pyrrole nitrogens is 1. The van der Waals surface area contributed by atoms with Crippen molar-refractivity contribution in [3.05, 3.63) is 33.1 Å². The number of hydrogen-bond acceptors (Lipinski definition) is 8. The van der Waals surface area contributed by atoms with E-state index in [4.69, 9.17) is 14.0 Å². The number of aliphatic hydroxyl groups excluding tert-OH is 1.